The molecular weight excluding hydrogens is 264 g/mol. The first kappa shape index (κ1) is 12.6. The molecule has 1 aliphatic heterocycles. The molecule has 106 valence electrons. The summed E-state index contributed by atoms with van der Waals surface area (Å²) >= 11 is 0. The second-order valence-electron chi connectivity index (χ2n) is 4.29. The van der Waals surface area contributed by atoms with Crippen molar-refractivity contribution in [3.63, 3.8) is 0 Å². The number of imidazole rings is 1. The van der Waals surface area contributed by atoms with E-state index in [-0.39, 0.29) is 12.6 Å². The molecule has 0 bridgehead atoms. The Hall–Kier alpha value is -2.44. The first-order chi connectivity index (χ1) is 9.69. The number of nitrogens with zero attached hydrogens (tertiary/aromatic N) is 2. The van der Waals surface area contributed by atoms with Gasteiger partial charge in [-0.15, -0.1) is 0 Å². The fourth-order valence-corrected chi connectivity index (χ4v) is 2.17. The molecule has 1 aromatic heterocycles. The van der Waals surface area contributed by atoms with E-state index < -0.39 is 5.97 Å². The molecule has 0 aliphatic carbocycles. The average Bonchev–Trinajstić information content (AvgIpc) is 2.74. The van der Waals surface area contributed by atoms with E-state index in [1.807, 2.05) is 6.92 Å². The summed E-state index contributed by atoms with van der Waals surface area (Å²) in [6, 6.07) is 3.76. The van der Waals surface area contributed by atoms with Crippen LogP contribution in [0.25, 0.3) is 11.0 Å². The van der Waals surface area contributed by atoms with E-state index in [1.165, 1.54) is 4.57 Å². The normalized spacial score (nSPS) is 13.4. The maximum atomic E-state index is 11.0. The molecule has 0 saturated heterocycles. The minimum Gasteiger partial charge on any atom is -0.486 e. The summed E-state index contributed by atoms with van der Waals surface area (Å²) in [6.45, 7) is 2.99. The Bertz CT molecular complexity index is 664. The van der Waals surface area contributed by atoms with Crippen molar-refractivity contribution in [2.75, 3.05) is 19.8 Å². The van der Waals surface area contributed by atoms with Crippen molar-refractivity contribution >= 4 is 17.0 Å². The number of carboxylic acid groups (broad SMARTS) is 1. The summed E-state index contributed by atoms with van der Waals surface area (Å²) in [4.78, 5) is 15.3. The number of carbonyl (C=O) groups is 1. The average molecular weight is 278 g/mol. The molecule has 0 atom stereocenters. The fraction of sp³-hybridized carbons (Fsp3) is 0.385. The zero-order chi connectivity index (χ0) is 14.1. The zero-order valence-electron chi connectivity index (χ0n) is 11.0. The smallest absolute Gasteiger partial charge is 0.323 e. The first-order valence-electron chi connectivity index (χ1n) is 6.33. The molecule has 0 spiro atoms. The van der Waals surface area contributed by atoms with E-state index >= 15 is 0 Å². The molecular formula is C13H14N2O5. The summed E-state index contributed by atoms with van der Waals surface area (Å²) in [5, 5.41) is 9.02. The Kier molecular flexibility index (Phi) is 3.09. The number of carboxylic acids is 1. The third-order valence-corrected chi connectivity index (χ3v) is 2.94. The van der Waals surface area contributed by atoms with Crippen molar-refractivity contribution in [1.29, 1.82) is 0 Å². The molecule has 2 heterocycles. The summed E-state index contributed by atoms with van der Waals surface area (Å²) in [7, 11) is 0. The van der Waals surface area contributed by atoms with Crippen molar-refractivity contribution in [2.24, 2.45) is 0 Å². The molecule has 1 N–H and O–H groups in total. The molecule has 20 heavy (non-hydrogen) atoms. The van der Waals surface area contributed by atoms with Crippen molar-refractivity contribution in [1.82, 2.24) is 9.55 Å². The second-order valence-corrected chi connectivity index (χ2v) is 4.29. The standard InChI is InChI=1S/C13H14N2O5/c1-2-18-13-14-8-5-10-11(20-4-3-19-10)6-9(8)15(13)7-12(16)17/h5-6H,2-4,7H2,1H3,(H,16,17). The van der Waals surface area contributed by atoms with Crippen LogP contribution in [0.2, 0.25) is 0 Å². The van der Waals surface area contributed by atoms with Crippen LogP contribution in [0.1, 0.15) is 6.92 Å². The largest absolute Gasteiger partial charge is 0.486 e. The van der Waals surface area contributed by atoms with Crippen LogP contribution in [-0.4, -0.2) is 40.4 Å². The summed E-state index contributed by atoms with van der Waals surface area (Å²) in [5.74, 6) is 0.255. The Morgan fingerprint density at radius 3 is 2.75 bits per heavy atom. The molecule has 1 aliphatic rings. The van der Waals surface area contributed by atoms with Crippen LogP contribution in [0.3, 0.4) is 0 Å². The van der Waals surface area contributed by atoms with E-state index in [4.69, 9.17) is 19.3 Å². The molecule has 3 rings (SSSR count). The number of aromatic nitrogens is 2. The number of fused-ring (bicyclic) bond motifs is 2. The topological polar surface area (TPSA) is 82.8 Å². The minimum atomic E-state index is -0.958. The van der Waals surface area contributed by atoms with Gasteiger partial charge in [0.2, 0.25) is 0 Å². The van der Waals surface area contributed by atoms with E-state index in [2.05, 4.69) is 4.98 Å². The lowest BCUT2D eigenvalue weighted by Crippen LogP contribution is -2.15. The molecule has 0 amide bonds. The Labute approximate surface area is 114 Å². The van der Waals surface area contributed by atoms with Gasteiger partial charge in [0, 0.05) is 12.1 Å². The van der Waals surface area contributed by atoms with Crippen LogP contribution in [0.5, 0.6) is 17.5 Å². The highest BCUT2D eigenvalue weighted by Crippen LogP contribution is 2.35. The van der Waals surface area contributed by atoms with Gasteiger partial charge < -0.3 is 19.3 Å². The van der Waals surface area contributed by atoms with Crippen LogP contribution in [0.4, 0.5) is 0 Å². The quantitative estimate of drug-likeness (QED) is 0.907. The third-order valence-electron chi connectivity index (χ3n) is 2.94. The van der Waals surface area contributed by atoms with Crippen molar-refractivity contribution < 1.29 is 24.1 Å². The second kappa shape index (κ2) is 4.92. The van der Waals surface area contributed by atoms with E-state index in [0.29, 0.717) is 42.4 Å². The number of hydrogen-bond donors (Lipinski definition) is 1. The van der Waals surface area contributed by atoms with Gasteiger partial charge >= 0.3 is 5.97 Å². The Balaban J connectivity index is 2.15. The van der Waals surface area contributed by atoms with Crippen LogP contribution < -0.4 is 14.2 Å². The van der Waals surface area contributed by atoms with Gasteiger partial charge in [0.25, 0.3) is 6.01 Å². The van der Waals surface area contributed by atoms with Gasteiger partial charge in [-0.05, 0) is 6.92 Å². The molecule has 7 nitrogen and oxygen atoms in total. The van der Waals surface area contributed by atoms with Gasteiger partial charge in [-0.25, -0.2) is 0 Å². The van der Waals surface area contributed by atoms with E-state index in [9.17, 15) is 4.79 Å². The van der Waals surface area contributed by atoms with Gasteiger partial charge in [0.15, 0.2) is 11.5 Å². The highest BCUT2D eigenvalue weighted by Gasteiger charge is 2.19. The fourth-order valence-electron chi connectivity index (χ4n) is 2.17. The molecule has 0 fully saturated rings. The SMILES string of the molecule is CCOc1nc2cc3c(cc2n1CC(=O)O)OCCO3. The lowest BCUT2D eigenvalue weighted by Gasteiger charge is -2.18. The number of hydrogen-bond acceptors (Lipinski definition) is 5. The zero-order valence-corrected chi connectivity index (χ0v) is 11.0. The Morgan fingerprint density at radius 2 is 2.10 bits per heavy atom. The van der Waals surface area contributed by atoms with Gasteiger partial charge in [-0.2, -0.15) is 4.98 Å². The van der Waals surface area contributed by atoms with E-state index in [1.54, 1.807) is 12.1 Å². The number of benzene rings is 1. The van der Waals surface area contributed by atoms with Crippen molar-refractivity contribution in [3.05, 3.63) is 12.1 Å². The van der Waals surface area contributed by atoms with Crippen molar-refractivity contribution in [2.45, 2.75) is 13.5 Å². The number of aliphatic carboxylic acids is 1. The van der Waals surface area contributed by atoms with Crippen LogP contribution in [0.15, 0.2) is 12.1 Å². The summed E-state index contributed by atoms with van der Waals surface area (Å²) < 4.78 is 17.9. The lowest BCUT2D eigenvalue weighted by atomic mass is 10.2. The van der Waals surface area contributed by atoms with Crippen LogP contribution in [-0.2, 0) is 11.3 Å². The molecule has 1 aromatic carbocycles. The highest BCUT2D eigenvalue weighted by atomic mass is 16.6. The highest BCUT2D eigenvalue weighted by molar-refractivity contribution is 5.83. The maximum Gasteiger partial charge on any atom is 0.323 e. The lowest BCUT2D eigenvalue weighted by molar-refractivity contribution is -0.137. The molecule has 2 aromatic rings. The van der Waals surface area contributed by atoms with Crippen molar-refractivity contribution in [3.8, 4) is 17.5 Å². The molecule has 0 radical (unpaired) electrons. The van der Waals surface area contributed by atoms with Gasteiger partial charge in [-0.1, -0.05) is 0 Å². The monoisotopic (exact) mass is 278 g/mol. The maximum absolute atomic E-state index is 11.0. The van der Waals surface area contributed by atoms with Crippen LogP contribution >= 0.6 is 0 Å². The summed E-state index contributed by atoms with van der Waals surface area (Å²) in [5.41, 5.74) is 1.28. The molecule has 7 heteroatoms. The molecule has 0 unspecified atom stereocenters. The Morgan fingerprint density at radius 1 is 1.40 bits per heavy atom. The number of rotatable bonds is 4. The molecule has 0 saturated carbocycles. The van der Waals surface area contributed by atoms with E-state index in [0.717, 1.165) is 0 Å². The first-order valence-corrected chi connectivity index (χ1v) is 6.33. The van der Waals surface area contributed by atoms with Gasteiger partial charge in [0.05, 0.1) is 17.6 Å². The van der Waals surface area contributed by atoms with Gasteiger partial charge in [-0.3, -0.25) is 9.36 Å². The number of ether oxygens (including phenoxy) is 3. The predicted octanol–water partition coefficient (Wildman–Crippen LogP) is 1.29. The van der Waals surface area contributed by atoms with Crippen LogP contribution in [0, 0.1) is 0 Å². The minimum absolute atomic E-state index is 0.217. The predicted molar refractivity (Wildman–Crippen MR) is 69.5 cm³/mol. The van der Waals surface area contributed by atoms with Gasteiger partial charge in [0.1, 0.15) is 19.8 Å². The third kappa shape index (κ3) is 2.11. The summed E-state index contributed by atoms with van der Waals surface area (Å²) in [6.07, 6.45) is 0.